The lowest BCUT2D eigenvalue weighted by molar-refractivity contribution is -0.658. The summed E-state index contributed by atoms with van der Waals surface area (Å²) < 4.78 is 2.19. The molecule has 0 saturated carbocycles. The van der Waals surface area contributed by atoms with E-state index in [1.54, 1.807) is 0 Å². The number of para-hydroxylation sites is 1. The summed E-state index contributed by atoms with van der Waals surface area (Å²) in [5.74, 6) is 1.22. The molecule has 1 unspecified atom stereocenters. The minimum absolute atomic E-state index is 0.340. The minimum atomic E-state index is 0.340. The van der Waals surface area contributed by atoms with E-state index in [9.17, 15) is 0 Å². The van der Waals surface area contributed by atoms with Crippen molar-refractivity contribution in [2.75, 3.05) is 18.5 Å². The molecule has 3 heteroatoms. The molecule has 20 heavy (non-hydrogen) atoms. The molecule has 2 heterocycles. The first kappa shape index (κ1) is 13.1. The summed E-state index contributed by atoms with van der Waals surface area (Å²) >= 11 is 0. The lowest BCUT2D eigenvalue weighted by Crippen LogP contribution is -2.46. The highest BCUT2D eigenvalue weighted by atomic mass is 15.4. The molecule has 0 aliphatic carbocycles. The molecule has 0 spiro atoms. The largest absolute Gasteiger partial charge is 0.282 e. The van der Waals surface area contributed by atoms with Crippen LogP contribution in [0.3, 0.4) is 0 Å². The molecule has 0 N–H and O–H groups in total. The van der Waals surface area contributed by atoms with Crippen molar-refractivity contribution < 1.29 is 4.57 Å². The molecule has 104 valence electrons. The predicted octanol–water partition coefficient (Wildman–Crippen LogP) is 2.48. The topological polar surface area (TPSA) is 10.4 Å². The third kappa shape index (κ3) is 2.18. The van der Waals surface area contributed by atoms with Gasteiger partial charge < -0.3 is 0 Å². The van der Waals surface area contributed by atoms with Crippen molar-refractivity contribution in [1.29, 1.82) is 0 Å². The molecule has 1 aromatic carbocycles. The maximum atomic E-state index is 2.43. The first-order valence-corrected chi connectivity index (χ1v) is 7.20. The Bertz CT molecular complexity index is 609. The van der Waals surface area contributed by atoms with Crippen molar-refractivity contribution in [3.8, 4) is 0 Å². The molecule has 1 aromatic heterocycles. The van der Waals surface area contributed by atoms with Gasteiger partial charge in [-0.15, -0.1) is 0 Å². The van der Waals surface area contributed by atoms with Crippen LogP contribution in [-0.2, 0) is 13.5 Å². The molecule has 0 bridgehead atoms. The van der Waals surface area contributed by atoms with Crippen LogP contribution in [0.25, 0.3) is 0 Å². The second-order valence-corrected chi connectivity index (χ2v) is 5.53. The van der Waals surface area contributed by atoms with Crippen LogP contribution < -0.4 is 9.47 Å². The lowest BCUT2D eigenvalue weighted by Gasteiger charge is -2.28. The van der Waals surface area contributed by atoms with Gasteiger partial charge in [-0.1, -0.05) is 24.3 Å². The van der Waals surface area contributed by atoms with Gasteiger partial charge in [0, 0.05) is 18.2 Å². The van der Waals surface area contributed by atoms with Crippen LogP contribution in [0.1, 0.15) is 12.5 Å². The summed E-state index contributed by atoms with van der Waals surface area (Å²) in [6.45, 7) is 3.36. The molecule has 1 aliphatic rings. The molecule has 0 saturated heterocycles. The van der Waals surface area contributed by atoms with E-state index >= 15 is 0 Å². The number of benzene rings is 1. The van der Waals surface area contributed by atoms with Crippen molar-refractivity contribution in [1.82, 2.24) is 4.90 Å². The SMILES string of the molecule is CC1N(C)CCc2ccccc2N1c1cccc[n+]1C. The maximum absolute atomic E-state index is 2.43. The number of anilines is 2. The van der Waals surface area contributed by atoms with Crippen LogP contribution in [-0.4, -0.2) is 24.7 Å². The molecular formula is C17H22N3+. The van der Waals surface area contributed by atoms with Gasteiger partial charge in [-0.05, 0) is 32.5 Å². The quantitative estimate of drug-likeness (QED) is 0.736. The average Bonchev–Trinajstić information content (AvgIpc) is 2.59. The number of rotatable bonds is 1. The van der Waals surface area contributed by atoms with E-state index in [-0.39, 0.29) is 0 Å². The molecular weight excluding hydrogens is 246 g/mol. The number of nitrogens with zero attached hydrogens (tertiary/aromatic N) is 3. The van der Waals surface area contributed by atoms with Crippen molar-refractivity contribution in [3.05, 3.63) is 54.2 Å². The van der Waals surface area contributed by atoms with E-state index < -0.39 is 0 Å². The van der Waals surface area contributed by atoms with Crippen molar-refractivity contribution in [2.24, 2.45) is 7.05 Å². The van der Waals surface area contributed by atoms with Gasteiger partial charge in [-0.25, -0.2) is 9.47 Å². The highest BCUT2D eigenvalue weighted by Gasteiger charge is 2.33. The van der Waals surface area contributed by atoms with Crippen LogP contribution in [0.15, 0.2) is 48.7 Å². The zero-order valence-electron chi connectivity index (χ0n) is 12.5. The standard InChI is InChI=1S/C17H22N3/c1-14-18(2)13-11-15-8-4-5-9-16(15)20(14)17-10-6-7-12-19(17)3/h4-10,12,14H,11,13H2,1-3H3/q+1. The van der Waals surface area contributed by atoms with Crippen LogP contribution >= 0.6 is 0 Å². The summed E-state index contributed by atoms with van der Waals surface area (Å²) in [7, 11) is 4.31. The van der Waals surface area contributed by atoms with Gasteiger partial charge >= 0.3 is 0 Å². The summed E-state index contributed by atoms with van der Waals surface area (Å²) in [6.07, 6.45) is 3.55. The second-order valence-electron chi connectivity index (χ2n) is 5.53. The third-order valence-electron chi connectivity index (χ3n) is 4.27. The number of likely N-dealkylation sites (N-methyl/N-ethyl adjacent to an activating group) is 1. The van der Waals surface area contributed by atoms with Gasteiger partial charge in [0.2, 0.25) is 0 Å². The van der Waals surface area contributed by atoms with Gasteiger partial charge in [-0.3, -0.25) is 4.90 Å². The van der Waals surface area contributed by atoms with Gasteiger partial charge in [0.05, 0.1) is 13.2 Å². The number of hydrogen-bond acceptors (Lipinski definition) is 2. The van der Waals surface area contributed by atoms with Gasteiger partial charge in [0.25, 0.3) is 5.82 Å². The van der Waals surface area contributed by atoms with Crippen LogP contribution in [0.2, 0.25) is 0 Å². The number of hydrogen-bond donors (Lipinski definition) is 0. The fourth-order valence-electron chi connectivity index (χ4n) is 2.92. The smallest absolute Gasteiger partial charge is 0.268 e. The van der Waals surface area contributed by atoms with E-state index in [2.05, 4.69) is 84.0 Å². The zero-order chi connectivity index (χ0) is 14.1. The minimum Gasteiger partial charge on any atom is -0.268 e. The fourth-order valence-corrected chi connectivity index (χ4v) is 2.92. The fraction of sp³-hybridized carbons (Fsp3) is 0.353. The molecule has 0 amide bonds. The van der Waals surface area contributed by atoms with E-state index in [1.165, 1.54) is 17.1 Å². The monoisotopic (exact) mass is 268 g/mol. The Morgan fingerprint density at radius 2 is 1.85 bits per heavy atom. The summed E-state index contributed by atoms with van der Waals surface area (Å²) in [4.78, 5) is 4.84. The summed E-state index contributed by atoms with van der Waals surface area (Å²) in [6, 6.07) is 15.1. The Balaban J connectivity index is 2.17. The van der Waals surface area contributed by atoms with Gasteiger partial charge in [-0.2, -0.15) is 0 Å². The molecule has 1 aliphatic heterocycles. The molecule has 2 aromatic rings. The Hall–Kier alpha value is -1.87. The molecule has 0 fully saturated rings. The summed E-state index contributed by atoms with van der Waals surface area (Å²) in [5.41, 5.74) is 2.75. The first-order chi connectivity index (χ1) is 9.68. The average molecular weight is 268 g/mol. The number of fused-ring (bicyclic) bond motifs is 1. The second kappa shape index (κ2) is 5.25. The Morgan fingerprint density at radius 1 is 1.10 bits per heavy atom. The van der Waals surface area contributed by atoms with Crippen LogP contribution in [0.4, 0.5) is 11.5 Å². The number of aryl methyl sites for hydroxylation is 1. The Kier molecular flexibility index (Phi) is 3.45. The highest BCUT2D eigenvalue weighted by molar-refractivity contribution is 5.63. The van der Waals surface area contributed by atoms with Crippen molar-refractivity contribution >= 4 is 11.5 Å². The normalized spacial score (nSPS) is 19.6. The van der Waals surface area contributed by atoms with E-state index in [1.807, 2.05) is 0 Å². The lowest BCUT2D eigenvalue weighted by atomic mass is 10.1. The van der Waals surface area contributed by atoms with Crippen molar-refractivity contribution in [3.63, 3.8) is 0 Å². The Morgan fingerprint density at radius 3 is 2.65 bits per heavy atom. The van der Waals surface area contributed by atoms with Crippen molar-refractivity contribution in [2.45, 2.75) is 19.5 Å². The maximum Gasteiger partial charge on any atom is 0.282 e. The third-order valence-corrected chi connectivity index (χ3v) is 4.27. The molecule has 0 radical (unpaired) electrons. The zero-order valence-corrected chi connectivity index (χ0v) is 12.5. The van der Waals surface area contributed by atoms with Gasteiger partial charge in [0.15, 0.2) is 6.17 Å². The van der Waals surface area contributed by atoms with Crippen LogP contribution in [0.5, 0.6) is 0 Å². The first-order valence-electron chi connectivity index (χ1n) is 7.20. The van der Waals surface area contributed by atoms with E-state index in [0.29, 0.717) is 6.17 Å². The molecule has 3 nitrogen and oxygen atoms in total. The van der Waals surface area contributed by atoms with Gasteiger partial charge in [0.1, 0.15) is 5.69 Å². The van der Waals surface area contributed by atoms with E-state index in [4.69, 9.17) is 0 Å². The van der Waals surface area contributed by atoms with E-state index in [0.717, 1.165) is 13.0 Å². The molecule has 1 atom stereocenters. The van der Waals surface area contributed by atoms with Crippen LogP contribution in [0, 0.1) is 0 Å². The molecule has 3 rings (SSSR count). The predicted molar refractivity (Wildman–Crippen MR) is 82.0 cm³/mol. The number of aromatic nitrogens is 1. The number of pyridine rings is 1. The summed E-state index contributed by atoms with van der Waals surface area (Å²) in [5, 5.41) is 0. The Labute approximate surface area is 121 Å². The highest BCUT2D eigenvalue weighted by Crippen LogP contribution is 2.32.